The molecule has 4 nitrogen and oxygen atoms in total. The molecular formula is C20H23F3N4. The van der Waals surface area contributed by atoms with Crippen molar-refractivity contribution in [3.8, 4) is 0 Å². The first-order valence-electron chi connectivity index (χ1n) is 9.12. The molecule has 0 radical (unpaired) electrons. The van der Waals surface area contributed by atoms with Crippen LogP contribution in [0.1, 0.15) is 43.4 Å². The minimum atomic E-state index is -4.38. The fraction of sp³-hybridized carbons (Fsp3) is 0.400. The number of nitrogens with one attached hydrogen (secondary N) is 2. The fourth-order valence-electron chi connectivity index (χ4n) is 3.10. The van der Waals surface area contributed by atoms with Crippen LogP contribution in [0.25, 0.3) is 0 Å². The quantitative estimate of drug-likeness (QED) is 0.621. The lowest BCUT2D eigenvalue weighted by Gasteiger charge is -2.14. The number of alkyl halides is 3. The Bertz CT molecular complexity index is 815. The van der Waals surface area contributed by atoms with E-state index in [1.54, 1.807) is 6.07 Å². The summed E-state index contributed by atoms with van der Waals surface area (Å²) in [6, 6.07) is 6.83. The third-order valence-electron chi connectivity index (χ3n) is 4.44. The van der Waals surface area contributed by atoms with Gasteiger partial charge >= 0.3 is 6.18 Å². The fourth-order valence-corrected chi connectivity index (χ4v) is 3.10. The Balaban J connectivity index is 1.65. The van der Waals surface area contributed by atoms with E-state index in [1.165, 1.54) is 24.5 Å². The molecule has 3 rings (SSSR count). The summed E-state index contributed by atoms with van der Waals surface area (Å²) in [6.45, 7) is 2.60. The molecule has 1 aliphatic carbocycles. The van der Waals surface area contributed by atoms with Crippen molar-refractivity contribution in [2.24, 2.45) is 0 Å². The molecule has 0 saturated carbocycles. The van der Waals surface area contributed by atoms with Crippen LogP contribution in [0.3, 0.4) is 0 Å². The van der Waals surface area contributed by atoms with Gasteiger partial charge in [0.2, 0.25) is 5.95 Å². The third-order valence-corrected chi connectivity index (χ3v) is 4.44. The molecule has 27 heavy (non-hydrogen) atoms. The van der Waals surface area contributed by atoms with Crippen molar-refractivity contribution in [1.29, 1.82) is 0 Å². The van der Waals surface area contributed by atoms with Gasteiger partial charge in [-0.25, -0.2) is 4.98 Å². The predicted molar refractivity (Wildman–Crippen MR) is 101 cm³/mol. The maximum absolute atomic E-state index is 12.9. The molecule has 1 aliphatic rings. The van der Waals surface area contributed by atoms with E-state index in [2.05, 4.69) is 26.7 Å². The SMILES string of the molecule is Cc1cc(NCCC2=CCCCC2)nc(Nc2cccc(C(F)(F)F)c2)n1. The highest BCUT2D eigenvalue weighted by Crippen LogP contribution is 2.31. The molecule has 0 amide bonds. The van der Waals surface area contributed by atoms with Gasteiger partial charge in [-0.15, -0.1) is 0 Å². The number of allylic oxidation sites excluding steroid dienone is 1. The van der Waals surface area contributed by atoms with Gasteiger partial charge in [0, 0.05) is 24.0 Å². The summed E-state index contributed by atoms with van der Waals surface area (Å²) in [5.41, 5.74) is 1.80. The summed E-state index contributed by atoms with van der Waals surface area (Å²) in [5.74, 6) is 0.932. The summed E-state index contributed by atoms with van der Waals surface area (Å²) in [7, 11) is 0. The first-order valence-corrected chi connectivity index (χ1v) is 9.12. The number of anilines is 3. The van der Waals surface area contributed by atoms with Crippen molar-refractivity contribution < 1.29 is 13.2 Å². The second-order valence-electron chi connectivity index (χ2n) is 6.71. The van der Waals surface area contributed by atoms with Gasteiger partial charge < -0.3 is 10.6 Å². The Morgan fingerprint density at radius 2 is 1.96 bits per heavy atom. The number of halogens is 3. The van der Waals surface area contributed by atoms with Crippen LogP contribution in [0.5, 0.6) is 0 Å². The van der Waals surface area contributed by atoms with E-state index in [9.17, 15) is 13.2 Å². The van der Waals surface area contributed by atoms with E-state index in [0.717, 1.165) is 43.6 Å². The highest BCUT2D eigenvalue weighted by atomic mass is 19.4. The number of rotatable bonds is 6. The van der Waals surface area contributed by atoms with Crippen LogP contribution in [0.2, 0.25) is 0 Å². The Labute approximate surface area is 156 Å². The summed E-state index contributed by atoms with van der Waals surface area (Å²) in [6.07, 6.45) is 3.75. The topological polar surface area (TPSA) is 49.8 Å². The Morgan fingerprint density at radius 1 is 1.11 bits per heavy atom. The van der Waals surface area contributed by atoms with Crippen molar-refractivity contribution in [2.75, 3.05) is 17.2 Å². The van der Waals surface area contributed by atoms with Crippen LogP contribution in [-0.2, 0) is 6.18 Å². The molecular weight excluding hydrogens is 353 g/mol. The summed E-state index contributed by atoms with van der Waals surface area (Å²) in [5, 5.41) is 6.15. The van der Waals surface area contributed by atoms with E-state index in [0.29, 0.717) is 11.5 Å². The normalized spacial score (nSPS) is 14.6. The van der Waals surface area contributed by atoms with Gasteiger partial charge in [0.1, 0.15) is 5.82 Å². The number of aryl methyl sites for hydroxylation is 1. The lowest BCUT2D eigenvalue weighted by molar-refractivity contribution is -0.137. The highest BCUT2D eigenvalue weighted by molar-refractivity contribution is 5.56. The minimum absolute atomic E-state index is 0.272. The smallest absolute Gasteiger partial charge is 0.370 e. The Kier molecular flexibility index (Phi) is 5.98. The van der Waals surface area contributed by atoms with Crippen molar-refractivity contribution >= 4 is 17.5 Å². The zero-order valence-corrected chi connectivity index (χ0v) is 15.2. The molecule has 144 valence electrons. The Hall–Kier alpha value is -2.57. The van der Waals surface area contributed by atoms with Crippen LogP contribution in [-0.4, -0.2) is 16.5 Å². The standard InChI is InChI=1S/C20H23F3N4/c1-14-12-18(24-11-10-15-6-3-2-4-7-15)27-19(25-14)26-17-9-5-8-16(13-17)20(21,22)23/h5-6,8-9,12-13H,2-4,7,10-11H2,1H3,(H2,24,25,26,27). The summed E-state index contributed by atoms with van der Waals surface area (Å²) >= 11 is 0. The molecule has 1 aromatic carbocycles. The lowest BCUT2D eigenvalue weighted by Crippen LogP contribution is -2.09. The second kappa shape index (κ2) is 8.41. The van der Waals surface area contributed by atoms with Gasteiger partial charge in [-0.05, 0) is 57.2 Å². The maximum atomic E-state index is 12.9. The average molecular weight is 376 g/mol. The van der Waals surface area contributed by atoms with E-state index < -0.39 is 11.7 Å². The minimum Gasteiger partial charge on any atom is -0.370 e. The zero-order valence-electron chi connectivity index (χ0n) is 15.2. The van der Waals surface area contributed by atoms with Crippen LogP contribution < -0.4 is 10.6 Å². The predicted octanol–water partition coefficient (Wildman–Crippen LogP) is 5.85. The number of nitrogens with zero attached hydrogens (tertiary/aromatic N) is 2. The maximum Gasteiger partial charge on any atom is 0.416 e. The summed E-state index contributed by atoms with van der Waals surface area (Å²) in [4.78, 5) is 8.63. The van der Waals surface area contributed by atoms with E-state index >= 15 is 0 Å². The molecule has 0 atom stereocenters. The molecule has 0 spiro atoms. The molecule has 1 heterocycles. The molecule has 1 aromatic heterocycles. The molecule has 2 aromatic rings. The number of hydrogen-bond acceptors (Lipinski definition) is 4. The van der Waals surface area contributed by atoms with Gasteiger partial charge in [-0.3, -0.25) is 0 Å². The van der Waals surface area contributed by atoms with Gasteiger partial charge in [0.15, 0.2) is 0 Å². The van der Waals surface area contributed by atoms with Crippen LogP contribution in [0.4, 0.5) is 30.6 Å². The molecule has 0 aliphatic heterocycles. The monoisotopic (exact) mass is 376 g/mol. The van der Waals surface area contributed by atoms with Gasteiger partial charge in [-0.2, -0.15) is 18.2 Å². The largest absolute Gasteiger partial charge is 0.416 e. The van der Waals surface area contributed by atoms with Gasteiger partial charge in [0.05, 0.1) is 5.56 Å². The van der Waals surface area contributed by atoms with Crippen molar-refractivity contribution in [1.82, 2.24) is 9.97 Å². The van der Waals surface area contributed by atoms with Crippen molar-refractivity contribution in [3.05, 3.63) is 53.2 Å². The Morgan fingerprint density at radius 3 is 2.70 bits per heavy atom. The first-order chi connectivity index (χ1) is 12.9. The van der Waals surface area contributed by atoms with Crippen molar-refractivity contribution in [3.63, 3.8) is 0 Å². The summed E-state index contributed by atoms with van der Waals surface area (Å²) < 4.78 is 38.6. The van der Waals surface area contributed by atoms with Gasteiger partial charge in [0.25, 0.3) is 0 Å². The third kappa shape index (κ3) is 5.70. The van der Waals surface area contributed by atoms with Crippen molar-refractivity contribution in [2.45, 2.75) is 45.2 Å². The number of benzene rings is 1. The average Bonchev–Trinajstić information content (AvgIpc) is 2.62. The van der Waals surface area contributed by atoms with Crippen LogP contribution in [0, 0.1) is 6.92 Å². The molecule has 2 N–H and O–H groups in total. The van der Waals surface area contributed by atoms with Crippen LogP contribution >= 0.6 is 0 Å². The molecule has 7 heteroatoms. The number of hydrogen-bond donors (Lipinski definition) is 2. The molecule has 0 unspecified atom stereocenters. The first kappa shape index (κ1) is 19.2. The zero-order chi connectivity index (χ0) is 19.3. The lowest BCUT2D eigenvalue weighted by atomic mass is 9.97. The molecule has 0 fully saturated rings. The second-order valence-corrected chi connectivity index (χ2v) is 6.71. The van der Waals surface area contributed by atoms with E-state index in [4.69, 9.17) is 0 Å². The molecule has 0 bridgehead atoms. The van der Waals surface area contributed by atoms with E-state index in [-0.39, 0.29) is 5.95 Å². The van der Waals surface area contributed by atoms with Gasteiger partial charge in [-0.1, -0.05) is 17.7 Å². The molecule has 0 saturated heterocycles. The highest BCUT2D eigenvalue weighted by Gasteiger charge is 2.30. The van der Waals surface area contributed by atoms with E-state index in [1.807, 2.05) is 13.0 Å². The number of aromatic nitrogens is 2. The van der Waals surface area contributed by atoms with Crippen LogP contribution in [0.15, 0.2) is 42.0 Å².